The number of carbonyl (C=O) groups is 1. The van der Waals surface area contributed by atoms with Crippen LogP contribution in [0, 0.1) is 17.8 Å². The predicted octanol–water partition coefficient (Wildman–Crippen LogP) is 3.15. The summed E-state index contributed by atoms with van der Waals surface area (Å²) in [6, 6.07) is 0. The van der Waals surface area contributed by atoms with Crippen LogP contribution in [0.15, 0.2) is 11.1 Å². The first-order chi connectivity index (χ1) is 9.89. The molecule has 0 unspecified atom stereocenters. The summed E-state index contributed by atoms with van der Waals surface area (Å²) in [4.78, 5) is 14.6. The Morgan fingerprint density at radius 2 is 2.05 bits per heavy atom. The van der Waals surface area contributed by atoms with Crippen molar-refractivity contribution in [1.82, 2.24) is 4.90 Å². The van der Waals surface area contributed by atoms with E-state index in [1.54, 1.807) is 0 Å². The fraction of sp³-hybridized carbons (Fsp3) is 0.833. The monoisotopic (exact) mass is 289 g/mol. The Labute approximate surface area is 127 Å². The Hall–Kier alpha value is -0.670. The lowest BCUT2D eigenvalue weighted by molar-refractivity contribution is -0.207. The standard InChI is InChI=1S/C18H27NO2/c1-10-5-6-13-15(7-10)21-17-16-11(2)14(20)8-12(16)9-19(17)18(13,3)4/h10,12-13,15,17H,5-9H2,1-4H3/t10-,12-,13-,15-,17+/m1/s1. The zero-order valence-corrected chi connectivity index (χ0v) is 13.7. The Morgan fingerprint density at radius 3 is 2.81 bits per heavy atom. The predicted molar refractivity (Wildman–Crippen MR) is 81.8 cm³/mol. The average molecular weight is 289 g/mol. The van der Waals surface area contributed by atoms with Gasteiger partial charge in [-0.25, -0.2) is 0 Å². The van der Waals surface area contributed by atoms with Crippen molar-refractivity contribution in [2.75, 3.05) is 6.54 Å². The molecule has 4 rings (SSSR count). The Balaban J connectivity index is 1.71. The third kappa shape index (κ3) is 1.83. The molecule has 3 heteroatoms. The number of fused-ring (bicyclic) bond motifs is 4. The van der Waals surface area contributed by atoms with Gasteiger partial charge in [0.05, 0.1) is 6.10 Å². The largest absolute Gasteiger partial charge is 0.356 e. The summed E-state index contributed by atoms with van der Waals surface area (Å²) in [6.45, 7) is 10.2. The van der Waals surface area contributed by atoms with Crippen LogP contribution < -0.4 is 0 Å². The van der Waals surface area contributed by atoms with E-state index in [1.165, 1.54) is 24.8 Å². The van der Waals surface area contributed by atoms with E-state index >= 15 is 0 Å². The van der Waals surface area contributed by atoms with Crippen LogP contribution in [0.1, 0.15) is 53.4 Å². The summed E-state index contributed by atoms with van der Waals surface area (Å²) in [6.07, 6.45) is 4.95. The third-order valence-electron chi connectivity index (χ3n) is 6.69. The van der Waals surface area contributed by atoms with E-state index in [0.29, 0.717) is 30.1 Å². The first kappa shape index (κ1) is 14.0. The van der Waals surface area contributed by atoms with Crippen LogP contribution in [0.25, 0.3) is 0 Å². The Kier molecular flexibility index (Phi) is 2.94. The fourth-order valence-electron chi connectivity index (χ4n) is 5.35. The molecule has 5 atom stereocenters. The molecule has 1 saturated carbocycles. The number of ketones is 1. The molecule has 0 N–H and O–H groups in total. The zero-order valence-electron chi connectivity index (χ0n) is 13.7. The van der Waals surface area contributed by atoms with E-state index in [1.807, 2.05) is 6.92 Å². The lowest BCUT2D eigenvalue weighted by Crippen LogP contribution is -2.62. The second-order valence-electron chi connectivity index (χ2n) is 8.26. The van der Waals surface area contributed by atoms with Crippen LogP contribution in [-0.4, -0.2) is 35.1 Å². The maximum Gasteiger partial charge on any atom is 0.159 e. The molecule has 0 spiro atoms. The molecular weight excluding hydrogens is 262 g/mol. The quantitative estimate of drug-likeness (QED) is 0.686. The molecule has 0 radical (unpaired) electrons. The van der Waals surface area contributed by atoms with Crippen LogP contribution in [0.2, 0.25) is 0 Å². The molecule has 3 fully saturated rings. The minimum Gasteiger partial charge on any atom is -0.356 e. The van der Waals surface area contributed by atoms with Gasteiger partial charge in [0.1, 0.15) is 6.23 Å². The van der Waals surface area contributed by atoms with E-state index in [-0.39, 0.29) is 11.8 Å². The Bertz CT molecular complexity index is 521. The van der Waals surface area contributed by atoms with Gasteiger partial charge >= 0.3 is 0 Å². The van der Waals surface area contributed by atoms with Crippen molar-refractivity contribution in [2.45, 2.75) is 71.2 Å². The van der Waals surface area contributed by atoms with Gasteiger partial charge < -0.3 is 4.74 Å². The highest BCUT2D eigenvalue weighted by atomic mass is 16.5. The molecular formula is C18H27NO2. The van der Waals surface area contributed by atoms with Crippen LogP contribution in [0.3, 0.4) is 0 Å². The summed E-state index contributed by atoms with van der Waals surface area (Å²) in [5.74, 6) is 2.17. The molecule has 21 heavy (non-hydrogen) atoms. The number of allylic oxidation sites excluding steroid dienone is 1. The molecule has 0 bridgehead atoms. The SMILES string of the molecule is CC1=C2[C@H](CC1=O)CN1[C@H]2O[C@@H]2C[C@H](C)CC[C@H]2C1(C)C. The molecule has 0 aromatic rings. The highest BCUT2D eigenvalue weighted by molar-refractivity contribution is 5.99. The van der Waals surface area contributed by atoms with Gasteiger partial charge in [-0.2, -0.15) is 0 Å². The highest BCUT2D eigenvalue weighted by Gasteiger charge is 2.57. The summed E-state index contributed by atoms with van der Waals surface area (Å²) >= 11 is 0. The number of hydrogen-bond acceptors (Lipinski definition) is 3. The first-order valence-corrected chi connectivity index (χ1v) is 8.55. The smallest absolute Gasteiger partial charge is 0.159 e. The van der Waals surface area contributed by atoms with Gasteiger partial charge in [-0.1, -0.05) is 13.3 Å². The molecule has 0 aromatic heterocycles. The molecule has 4 aliphatic rings. The third-order valence-corrected chi connectivity index (χ3v) is 6.69. The normalized spacial score (nSPS) is 45.5. The van der Waals surface area contributed by atoms with Crippen LogP contribution >= 0.6 is 0 Å². The summed E-state index contributed by atoms with van der Waals surface area (Å²) in [5, 5.41) is 0. The van der Waals surface area contributed by atoms with Crippen molar-refractivity contribution in [3.8, 4) is 0 Å². The van der Waals surface area contributed by atoms with Gasteiger partial charge in [-0.15, -0.1) is 0 Å². The van der Waals surface area contributed by atoms with E-state index < -0.39 is 0 Å². The van der Waals surface area contributed by atoms with Crippen molar-refractivity contribution in [1.29, 1.82) is 0 Å². The summed E-state index contributed by atoms with van der Waals surface area (Å²) in [7, 11) is 0. The van der Waals surface area contributed by atoms with Crippen LogP contribution in [0.5, 0.6) is 0 Å². The van der Waals surface area contributed by atoms with Gasteiger partial charge in [-0.05, 0) is 50.7 Å². The molecule has 2 aliphatic carbocycles. The van der Waals surface area contributed by atoms with Gasteiger partial charge in [0, 0.05) is 30.3 Å². The topological polar surface area (TPSA) is 29.5 Å². The van der Waals surface area contributed by atoms with E-state index in [0.717, 1.165) is 18.0 Å². The van der Waals surface area contributed by atoms with Gasteiger partial charge in [0.2, 0.25) is 0 Å². The average Bonchev–Trinajstić information content (AvgIpc) is 2.88. The van der Waals surface area contributed by atoms with Gasteiger partial charge in [0.15, 0.2) is 5.78 Å². The number of carbonyl (C=O) groups excluding carboxylic acids is 1. The fourth-order valence-corrected chi connectivity index (χ4v) is 5.35. The lowest BCUT2D eigenvalue weighted by atomic mass is 9.70. The number of nitrogens with zero attached hydrogens (tertiary/aromatic N) is 1. The van der Waals surface area contributed by atoms with Crippen molar-refractivity contribution in [3.63, 3.8) is 0 Å². The summed E-state index contributed by atoms with van der Waals surface area (Å²) in [5.41, 5.74) is 2.49. The Morgan fingerprint density at radius 1 is 1.29 bits per heavy atom. The van der Waals surface area contributed by atoms with Crippen molar-refractivity contribution >= 4 is 5.78 Å². The van der Waals surface area contributed by atoms with E-state index in [9.17, 15) is 4.79 Å². The molecule has 2 saturated heterocycles. The van der Waals surface area contributed by atoms with E-state index in [2.05, 4.69) is 25.7 Å². The number of Topliss-reactive ketones (excluding diaryl/α,β-unsaturated/α-hetero) is 1. The van der Waals surface area contributed by atoms with E-state index in [4.69, 9.17) is 4.74 Å². The number of ether oxygens (including phenoxy) is 1. The molecule has 0 amide bonds. The maximum atomic E-state index is 12.0. The lowest BCUT2D eigenvalue weighted by Gasteiger charge is -2.55. The molecule has 116 valence electrons. The molecule has 2 heterocycles. The van der Waals surface area contributed by atoms with Crippen LogP contribution in [0.4, 0.5) is 0 Å². The zero-order chi connectivity index (χ0) is 14.9. The van der Waals surface area contributed by atoms with Gasteiger partial charge in [-0.3, -0.25) is 9.69 Å². The molecule has 2 aliphatic heterocycles. The first-order valence-electron chi connectivity index (χ1n) is 8.55. The highest BCUT2D eigenvalue weighted by Crippen LogP contribution is 2.52. The molecule has 0 aromatic carbocycles. The number of rotatable bonds is 0. The second-order valence-corrected chi connectivity index (χ2v) is 8.26. The maximum absolute atomic E-state index is 12.0. The minimum absolute atomic E-state index is 0.0722. The van der Waals surface area contributed by atoms with Gasteiger partial charge in [0.25, 0.3) is 0 Å². The second kappa shape index (κ2) is 4.42. The van der Waals surface area contributed by atoms with Crippen molar-refractivity contribution in [2.24, 2.45) is 17.8 Å². The van der Waals surface area contributed by atoms with Crippen molar-refractivity contribution in [3.05, 3.63) is 11.1 Å². The molecule has 3 nitrogen and oxygen atoms in total. The minimum atomic E-state index is 0.0722. The summed E-state index contributed by atoms with van der Waals surface area (Å²) < 4.78 is 6.57. The number of hydrogen-bond donors (Lipinski definition) is 0. The van der Waals surface area contributed by atoms with Crippen LogP contribution in [-0.2, 0) is 9.53 Å². The van der Waals surface area contributed by atoms with Crippen molar-refractivity contribution < 1.29 is 9.53 Å².